The Balaban J connectivity index is 1.51. The molecule has 2 aromatic carbocycles. The van der Waals surface area contributed by atoms with Crippen molar-refractivity contribution in [3.05, 3.63) is 71.4 Å². The molecule has 0 aliphatic heterocycles. The minimum absolute atomic E-state index is 0.127. The van der Waals surface area contributed by atoms with E-state index >= 15 is 0 Å². The number of nitrogens with one attached hydrogen (secondary N) is 2. The molecule has 16 heteroatoms. The van der Waals surface area contributed by atoms with Crippen LogP contribution in [0.15, 0.2) is 71.4 Å². The number of hydrogen-bond donors (Lipinski definition) is 2. The molecule has 4 rings (SSSR count). The molecule has 0 atom stereocenters. The van der Waals surface area contributed by atoms with Crippen molar-refractivity contribution in [1.82, 2.24) is 9.97 Å². The molecule has 2 aromatic heterocycles. The van der Waals surface area contributed by atoms with Gasteiger partial charge in [0.2, 0.25) is 0 Å². The van der Waals surface area contributed by atoms with Gasteiger partial charge in [-0.15, -0.1) is 22.7 Å². The van der Waals surface area contributed by atoms with Crippen molar-refractivity contribution in [2.45, 2.75) is 23.7 Å². The Morgan fingerprint density at radius 2 is 0.900 bits per heavy atom. The van der Waals surface area contributed by atoms with E-state index in [9.17, 15) is 44.7 Å². The first-order chi connectivity index (χ1) is 18.7. The first-order valence-corrected chi connectivity index (χ1v) is 12.6. The molecule has 0 bridgehead atoms. The maximum absolute atomic E-state index is 14.4. The Kier molecular flexibility index (Phi) is 7.68. The molecule has 6 nitrogen and oxygen atoms in total. The van der Waals surface area contributed by atoms with Crippen LogP contribution in [0.3, 0.4) is 0 Å². The van der Waals surface area contributed by atoms with Crippen molar-refractivity contribution in [3.63, 3.8) is 0 Å². The summed E-state index contributed by atoms with van der Waals surface area (Å²) in [6.45, 7) is 0. The quantitative estimate of drug-likeness (QED) is 0.200. The standard InChI is InChI=1S/C24H14F8N4O2S2/c25-21(26,17(37)35-19-33-15(11-39-19)13-7-3-1-4-8-13)23(29,30)24(31,32)22(27,28)18(38)36-20-34-16(12-40-20)14-9-5-2-6-10-14/h1-12H,(H,33,35,37)(H,34,36,38). The van der Waals surface area contributed by atoms with Crippen LogP contribution in [0.2, 0.25) is 0 Å². The van der Waals surface area contributed by atoms with Crippen LogP contribution in [0.25, 0.3) is 22.5 Å². The molecule has 40 heavy (non-hydrogen) atoms. The molecule has 0 fully saturated rings. The second kappa shape index (κ2) is 10.6. The molecule has 0 aliphatic carbocycles. The molecule has 0 saturated carbocycles. The second-order valence-corrected chi connectivity index (χ2v) is 9.73. The fourth-order valence-electron chi connectivity index (χ4n) is 3.18. The molecular weight excluding hydrogens is 592 g/mol. The maximum Gasteiger partial charge on any atom is 0.393 e. The van der Waals surface area contributed by atoms with Crippen LogP contribution < -0.4 is 10.6 Å². The number of carbonyl (C=O) groups is 2. The number of nitrogens with zero attached hydrogens (tertiary/aromatic N) is 2. The lowest BCUT2D eigenvalue weighted by Crippen LogP contribution is -2.67. The van der Waals surface area contributed by atoms with E-state index in [1.165, 1.54) is 21.4 Å². The summed E-state index contributed by atoms with van der Waals surface area (Å²) in [5, 5.41) is 3.59. The Bertz CT molecular complexity index is 1400. The highest BCUT2D eigenvalue weighted by Gasteiger charge is 2.84. The number of anilines is 2. The van der Waals surface area contributed by atoms with Crippen LogP contribution >= 0.6 is 22.7 Å². The average molecular weight is 607 g/mol. The first kappa shape index (κ1) is 29.1. The van der Waals surface area contributed by atoms with Gasteiger partial charge in [0.05, 0.1) is 11.4 Å². The third-order valence-corrected chi connectivity index (χ3v) is 6.86. The van der Waals surface area contributed by atoms with E-state index in [-0.39, 0.29) is 11.4 Å². The molecule has 2 heterocycles. The Morgan fingerprint density at radius 1 is 0.575 bits per heavy atom. The topological polar surface area (TPSA) is 84.0 Å². The number of aromatic nitrogens is 2. The summed E-state index contributed by atoms with van der Waals surface area (Å²) in [7, 11) is 0. The summed E-state index contributed by atoms with van der Waals surface area (Å²) in [5.41, 5.74) is 1.15. The molecule has 0 unspecified atom stereocenters. The van der Waals surface area contributed by atoms with Gasteiger partial charge >= 0.3 is 35.5 Å². The smallest absolute Gasteiger partial charge is 0.296 e. The number of halogens is 8. The number of benzene rings is 2. The predicted octanol–water partition coefficient (Wildman–Crippen LogP) is 7.05. The van der Waals surface area contributed by atoms with Crippen molar-refractivity contribution in [2.24, 2.45) is 0 Å². The molecule has 0 radical (unpaired) electrons. The normalized spacial score (nSPS) is 12.7. The summed E-state index contributed by atoms with van der Waals surface area (Å²) >= 11 is 0.984. The van der Waals surface area contributed by atoms with E-state index in [4.69, 9.17) is 0 Å². The molecule has 0 spiro atoms. The molecule has 2 N–H and O–H groups in total. The number of thiazole rings is 2. The van der Waals surface area contributed by atoms with E-state index in [2.05, 4.69) is 9.97 Å². The average Bonchev–Trinajstić information content (AvgIpc) is 3.59. The number of amides is 2. The Labute approximate surface area is 227 Å². The number of hydrogen-bond acceptors (Lipinski definition) is 6. The fraction of sp³-hybridized carbons (Fsp3) is 0.167. The van der Waals surface area contributed by atoms with Crippen LogP contribution in [0.5, 0.6) is 0 Å². The maximum atomic E-state index is 14.4. The number of carbonyl (C=O) groups excluding carboxylic acids is 2. The summed E-state index contributed by atoms with van der Waals surface area (Å²) in [5.74, 6) is -32.9. The highest BCUT2D eigenvalue weighted by atomic mass is 32.1. The largest absolute Gasteiger partial charge is 0.393 e. The zero-order valence-corrected chi connectivity index (χ0v) is 21.1. The highest BCUT2D eigenvalue weighted by molar-refractivity contribution is 7.14. The van der Waals surface area contributed by atoms with Crippen molar-refractivity contribution in [2.75, 3.05) is 10.6 Å². The van der Waals surface area contributed by atoms with Gasteiger partial charge in [-0.25, -0.2) is 9.97 Å². The minimum Gasteiger partial charge on any atom is -0.296 e. The van der Waals surface area contributed by atoms with Crippen molar-refractivity contribution in [1.29, 1.82) is 0 Å². The summed E-state index contributed by atoms with van der Waals surface area (Å²) < 4.78 is 115. The molecule has 210 valence electrons. The zero-order valence-electron chi connectivity index (χ0n) is 19.5. The number of alkyl halides is 8. The van der Waals surface area contributed by atoms with Gasteiger partial charge in [-0.2, -0.15) is 35.1 Å². The van der Waals surface area contributed by atoms with Gasteiger partial charge in [0.25, 0.3) is 0 Å². The van der Waals surface area contributed by atoms with Crippen molar-refractivity contribution < 1.29 is 44.7 Å². The van der Waals surface area contributed by atoms with Crippen LogP contribution in [-0.4, -0.2) is 45.5 Å². The van der Waals surface area contributed by atoms with E-state index in [1.807, 2.05) is 0 Å². The van der Waals surface area contributed by atoms with E-state index < -0.39 is 45.8 Å². The molecule has 0 saturated heterocycles. The SMILES string of the molecule is O=C(Nc1nc(-c2ccccc2)cs1)C(F)(F)C(F)(F)C(F)(F)C(F)(F)C(=O)Nc1nc(-c2ccccc2)cs1. The predicted molar refractivity (Wildman–Crippen MR) is 132 cm³/mol. The van der Waals surface area contributed by atoms with Crippen LogP contribution in [0.4, 0.5) is 45.4 Å². The lowest BCUT2D eigenvalue weighted by Gasteiger charge is -2.35. The van der Waals surface area contributed by atoms with Crippen LogP contribution in [0.1, 0.15) is 0 Å². The third-order valence-electron chi connectivity index (χ3n) is 5.34. The van der Waals surface area contributed by atoms with Crippen LogP contribution in [0, 0.1) is 0 Å². The summed E-state index contributed by atoms with van der Waals surface area (Å²) in [6, 6.07) is 15.9. The molecule has 2 amide bonds. The molecule has 4 aromatic rings. The van der Waals surface area contributed by atoms with Crippen molar-refractivity contribution >= 4 is 44.8 Å². The molecule has 0 aliphatic rings. The lowest BCUT2D eigenvalue weighted by molar-refractivity contribution is -0.345. The Hall–Kier alpha value is -3.92. The van der Waals surface area contributed by atoms with Gasteiger partial charge in [0.15, 0.2) is 10.3 Å². The van der Waals surface area contributed by atoms with E-state index in [0.717, 1.165) is 0 Å². The van der Waals surface area contributed by atoms with Gasteiger partial charge in [-0.3, -0.25) is 20.2 Å². The van der Waals surface area contributed by atoms with E-state index in [0.29, 0.717) is 33.8 Å². The monoisotopic (exact) mass is 606 g/mol. The van der Waals surface area contributed by atoms with E-state index in [1.54, 1.807) is 60.7 Å². The number of rotatable bonds is 9. The zero-order chi connectivity index (χ0) is 29.3. The fourth-order valence-corrected chi connectivity index (χ4v) is 4.61. The van der Waals surface area contributed by atoms with Crippen LogP contribution in [-0.2, 0) is 9.59 Å². The lowest BCUT2D eigenvalue weighted by atomic mass is 9.97. The summed E-state index contributed by atoms with van der Waals surface area (Å²) in [4.78, 5) is 31.3. The van der Waals surface area contributed by atoms with Gasteiger partial charge in [-0.1, -0.05) is 60.7 Å². The second-order valence-electron chi connectivity index (χ2n) is 8.01. The molecular formula is C24H14F8N4O2S2. The third kappa shape index (κ3) is 5.15. The highest BCUT2D eigenvalue weighted by Crippen LogP contribution is 2.53. The Morgan fingerprint density at radius 3 is 1.23 bits per heavy atom. The van der Waals surface area contributed by atoms with Gasteiger partial charge < -0.3 is 0 Å². The van der Waals surface area contributed by atoms with Gasteiger partial charge in [0, 0.05) is 21.9 Å². The minimum atomic E-state index is -7.03. The van der Waals surface area contributed by atoms with Crippen molar-refractivity contribution in [3.8, 4) is 22.5 Å². The van der Waals surface area contributed by atoms with Gasteiger partial charge in [-0.05, 0) is 0 Å². The summed E-state index contributed by atoms with van der Waals surface area (Å²) in [6.07, 6.45) is 0. The first-order valence-electron chi connectivity index (χ1n) is 10.8. The van der Waals surface area contributed by atoms with Gasteiger partial charge in [0.1, 0.15) is 0 Å².